The molecule has 1 aliphatic heterocycles. The van der Waals surface area contributed by atoms with Crippen LogP contribution in [0.25, 0.3) is 0 Å². The monoisotopic (exact) mass is 262 g/mol. The summed E-state index contributed by atoms with van der Waals surface area (Å²) >= 11 is 0. The molecule has 0 radical (unpaired) electrons. The molecular formula is C13H18N4O2. The standard InChI is InChI=1S/C13H18N4O2/c1-8-4-5-15-11(9(8)6-14)17-7-10(18)16-12(19)13(17,2)3/h4-5H,6-7,14H2,1-3H3,(H,16,18,19). The van der Waals surface area contributed by atoms with Crippen molar-refractivity contribution < 1.29 is 9.59 Å². The number of aryl methyl sites for hydroxylation is 1. The fraction of sp³-hybridized carbons (Fsp3) is 0.462. The van der Waals surface area contributed by atoms with Crippen molar-refractivity contribution >= 4 is 17.6 Å². The zero-order valence-electron chi connectivity index (χ0n) is 11.4. The first-order chi connectivity index (χ1) is 8.87. The molecule has 3 N–H and O–H groups in total. The van der Waals surface area contributed by atoms with Gasteiger partial charge in [0.2, 0.25) is 5.91 Å². The molecule has 2 amide bonds. The van der Waals surface area contributed by atoms with E-state index in [9.17, 15) is 9.59 Å². The quantitative estimate of drug-likeness (QED) is 0.737. The molecule has 19 heavy (non-hydrogen) atoms. The molecule has 0 aromatic carbocycles. The molecule has 1 aromatic rings. The first kappa shape index (κ1) is 13.5. The summed E-state index contributed by atoms with van der Waals surface area (Å²) in [6.45, 7) is 5.88. The SMILES string of the molecule is Cc1ccnc(N2CC(=O)NC(=O)C2(C)C)c1CN. The van der Waals surface area contributed by atoms with Crippen molar-refractivity contribution in [3.8, 4) is 0 Å². The summed E-state index contributed by atoms with van der Waals surface area (Å²) in [5, 5.41) is 2.34. The average Bonchev–Trinajstić information content (AvgIpc) is 2.34. The Morgan fingerprint density at radius 2 is 2.16 bits per heavy atom. The molecule has 2 heterocycles. The zero-order chi connectivity index (χ0) is 14.2. The highest BCUT2D eigenvalue weighted by Crippen LogP contribution is 2.28. The molecule has 1 aliphatic rings. The lowest BCUT2D eigenvalue weighted by molar-refractivity contribution is -0.135. The number of nitrogens with zero attached hydrogens (tertiary/aromatic N) is 2. The normalized spacial score (nSPS) is 18.4. The molecular weight excluding hydrogens is 244 g/mol. The third-order valence-corrected chi connectivity index (χ3v) is 3.51. The molecule has 0 atom stereocenters. The summed E-state index contributed by atoms with van der Waals surface area (Å²) in [5.74, 6) is -0.0404. The summed E-state index contributed by atoms with van der Waals surface area (Å²) in [5.41, 5.74) is 6.79. The predicted molar refractivity (Wildman–Crippen MR) is 71.4 cm³/mol. The second-order valence-electron chi connectivity index (χ2n) is 5.16. The van der Waals surface area contributed by atoms with Crippen LogP contribution in [0, 0.1) is 6.92 Å². The maximum Gasteiger partial charge on any atom is 0.251 e. The van der Waals surface area contributed by atoms with Crippen LogP contribution in [0.3, 0.4) is 0 Å². The maximum atomic E-state index is 12.0. The minimum Gasteiger partial charge on any atom is -0.333 e. The second-order valence-corrected chi connectivity index (χ2v) is 5.16. The van der Waals surface area contributed by atoms with Crippen LogP contribution in [0.2, 0.25) is 0 Å². The summed E-state index contributed by atoms with van der Waals surface area (Å²) in [7, 11) is 0. The lowest BCUT2D eigenvalue weighted by atomic mass is 9.97. The van der Waals surface area contributed by atoms with Gasteiger partial charge in [-0.15, -0.1) is 0 Å². The number of amides is 2. The number of rotatable bonds is 2. The summed E-state index contributed by atoms with van der Waals surface area (Å²) in [6, 6.07) is 1.87. The number of imide groups is 1. The molecule has 1 fully saturated rings. The molecule has 0 saturated carbocycles. The second kappa shape index (κ2) is 4.62. The molecule has 1 aromatic heterocycles. The van der Waals surface area contributed by atoms with E-state index in [0.29, 0.717) is 12.4 Å². The first-order valence-corrected chi connectivity index (χ1v) is 6.14. The van der Waals surface area contributed by atoms with Gasteiger partial charge in [0.15, 0.2) is 0 Å². The smallest absolute Gasteiger partial charge is 0.251 e. The molecule has 102 valence electrons. The van der Waals surface area contributed by atoms with Gasteiger partial charge in [-0.1, -0.05) is 0 Å². The van der Waals surface area contributed by atoms with Gasteiger partial charge in [0.1, 0.15) is 11.4 Å². The van der Waals surface area contributed by atoms with Crippen LogP contribution in [0.5, 0.6) is 0 Å². The number of anilines is 1. The fourth-order valence-electron chi connectivity index (χ4n) is 2.18. The number of pyridine rings is 1. The van der Waals surface area contributed by atoms with E-state index in [0.717, 1.165) is 11.1 Å². The van der Waals surface area contributed by atoms with Gasteiger partial charge in [-0.05, 0) is 32.4 Å². The van der Waals surface area contributed by atoms with E-state index >= 15 is 0 Å². The number of carbonyl (C=O) groups is 2. The Morgan fingerprint density at radius 3 is 2.79 bits per heavy atom. The van der Waals surface area contributed by atoms with Crippen LogP contribution < -0.4 is 16.0 Å². The molecule has 0 spiro atoms. The van der Waals surface area contributed by atoms with Crippen molar-refractivity contribution in [2.45, 2.75) is 32.9 Å². The topological polar surface area (TPSA) is 88.3 Å². The van der Waals surface area contributed by atoms with Crippen molar-refractivity contribution in [2.75, 3.05) is 11.4 Å². The van der Waals surface area contributed by atoms with Gasteiger partial charge in [-0.25, -0.2) is 4.98 Å². The summed E-state index contributed by atoms with van der Waals surface area (Å²) < 4.78 is 0. The Morgan fingerprint density at radius 1 is 1.47 bits per heavy atom. The Labute approximate surface area is 112 Å². The number of carbonyl (C=O) groups excluding carboxylic acids is 2. The molecule has 0 bridgehead atoms. The lowest BCUT2D eigenvalue weighted by Gasteiger charge is -2.41. The van der Waals surface area contributed by atoms with Crippen molar-refractivity contribution in [2.24, 2.45) is 5.73 Å². The van der Waals surface area contributed by atoms with Gasteiger partial charge in [0.05, 0.1) is 6.54 Å². The lowest BCUT2D eigenvalue weighted by Crippen LogP contribution is -2.64. The highest BCUT2D eigenvalue weighted by Gasteiger charge is 2.42. The van der Waals surface area contributed by atoms with Crippen LogP contribution in [0.4, 0.5) is 5.82 Å². The molecule has 0 aliphatic carbocycles. The maximum absolute atomic E-state index is 12.0. The minimum atomic E-state index is -0.835. The van der Waals surface area contributed by atoms with Gasteiger partial charge in [-0.2, -0.15) is 0 Å². The van der Waals surface area contributed by atoms with Crippen LogP contribution in [0.1, 0.15) is 25.0 Å². The van der Waals surface area contributed by atoms with E-state index < -0.39 is 5.54 Å². The molecule has 0 unspecified atom stereocenters. The Bertz CT molecular complexity index is 539. The molecule has 1 saturated heterocycles. The van der Waals surface area contributed by atoms with Crippen LogP contribution in [-0.4, -0.2) is 28.9 Å². The third-order valence-electron chi connectivity index (χ3n) is 3.51. The fourth-order valence-corrected chi connectivity index (χ4v) is 2.18. The number of piperazine rings is 1. The largest absolute Gasteiger partial charge is 0.333 e. The predicted octanol–water partition coefficient (Wildman–Crippen LogP) is 0.0901. The average molecular weight is 262 g/mol. The molecule has 6 nitrogen and oxygen atoms in total. The van der Waals surface area contributed by atoms with Crippen LogP contribution in [0.15, 0.2) is 12.3 Å². The third kappa shape index (κ3) is 2.19. The highest BCUT2D eigenvalue weighted by molar-refractivity contribution is 6.06. The van der Waals surface area contributed by atoms with E-state index in [1.807, 2.05) is 13.0 Å². The van der Waals surface area contributed by atoms with Crippen molar-refractivity contribution in [1.29, 1.82) is 0 Å². The van der Waals surface area contributed by atoms with Gasteiger partial charge >= 0.3 is 0 Å². The summed E-state index contributed by atoms with van der Waals surface area (Å²) in [4.78, 5) is 29.6. The Balaban J connectivity index is 2.53. The van der Waals surface area contributed by atoms with E-state index in [1.165, 1.54) is 0 Å². The molecule has 6 heteroatoms. The zero-order valence-corrected chi connectivity index (χ0v) is 11.4. The van der Waals surface area contributed by atoms with Gasteiger partial charge in [0, 0.05) is 18.3 Å². The van der Waals surface area contributed by atoms with Crippen LogP contribution in [-0.2, 0) is 16.1 Å². The van der Waals surface area contributed by atoms with E-state index in [1.54, 1.807) is 24.9 Å². The van der Waals surface area contributed by atoms with Crippen molar-refractivity contribution in [1.82, 2.24) is 10.3 Å². The Kier molecular flexibility index (Phi) is 3.28. The number of aromatic nitrogens is 1. The van der Waals surface area contributed by atoms with E-state index in [4.69, 9.17) is 5.73 Å². The minimum absolute atomic E-state index is 0.0994. The summed E-state index contributed by atoms with van der Waals surface area (Å²) in [6.07, 6.45) is 1.66. The number of hydrogen-bond acceptors (Lipinski definition) is 5. The Hall–Kier alpha value is -1.95. The first-order valence-electron chi connectivity index (χ1n) is 6.14. The van der Waals surface area contributed by atoms with Crippen molar-refractivity contribution in [3.05, 3.63) is 23.4 Å². The van der Waals surface area contributed by atoms with Gasteiger partial charge in [-0.3, -0.25) is 14.9 Å². The highest BCUT2D eigenvalue weighted by atomic mass is 16.2. The van der Waals surface area contributed by atoms with E-state index in [-0.39, 0.29) is 18.4 Å². The number of nitrogens with two attached hydrogens (primary N) is 1. The van der Waals surface area contributed by atoms with Gasteiger partial charge in [0.25, 0.3) is 5.91 Å². The van der Waals surface area contributed by atoms with Crippen LogP contribution >= 0.6 is 0 Å². The van der Waals surface area contributed by atoms with Crippen molar-refractivity contribution in [3.63, 3.8) is 0 Å². The van der Waals surface area contributed by atoms with E-state index in [2.05, 4.69) is 10.3 Å². The molecule has 2 rings (SSSR count). The number of hydrogen-bond donors (Lipinski definition) is 2. The number of nitrogens with one attached hydrogen (secondary N) is 1. The van der Waals surface area contributed by atoms with Gasteiger partial charge < -0.3 is 10.6 Å².